The Balaban J connectivity index is 2.19. The average molecular weight is 156 g/mol. The van der Waals surface area contributed by atoms with E-state index in [0.717, 1.165) is 12.8 Å². The number of hydrogen-bond donors (Lipinski definition) is 0. The third-order valence-corrected chi connectivity index (χ3v) is 1.50. The summed E-state index contributed by atoms with van der Waals surface area (Å²) in [5, 5.41) is 0. The molecule has 0 heterocycles. The van der Waals surface area contributed by atoms with Crippen LogP contribution in [0.2, 0.25) is 0 Å². The SMILES string of the molecule is CC(C)(C)CC(=O)OC1CC1. The Morgan fingerprint density at radius 1 is 1.45 bits per heavy atom. The van der Waals surface area contributed by atoms with E-state index >= 15 is 0 Å². The zero-order chi connectivity index (χ0) is 8.48. The van der Waals surface area contributed by atoms with Gasteiger partial charge in [0.25, 0.3) is 0 Å². The van der Waals surface area contributed by atoms with Crippen molar-refractivity contribution in [1.29, 1.82) is 0 Å². The van der Waals surface area contributed by atoms with Crippen LogP contribution in [0.3, 0.4) is 0 Å². The van der Waals surface area contributed by atoms with Crippen LogP contribution in [0.4, 0.5) is 0 Å². The number of hydrogen-bond acceptors (Lipinski definition) is 2. The summed E-state index contributed by atoms with van der Waals surface area (Å²) in [5.74, 6) is -0.0417. The lowest BCUT2D eigenvalue weighted by atomic mass is 9.92. The van der Waals surface area contributed by atoms with Gasteiger partial charge in [-0.1, -0.05) is 20.8 Å². The molecule has 0 aromatic rings. The highest BCUT2D eigenvalue weighted by molar-refractivity contribution is 5.70. The Labute approximate surface area is 67.9 Å². The minimum atomic E-state index is -0.0417. The van der Waals surface area contributed by atoms with Crippen molar-refractivity contribution in [3.8, 4) is 0 Å². The molecule has 1 saturated carbocycles. The van der Waals surface area contributed by atoms with Crippen LogP contribution >= 0.6 is 0 Å². The fourth-order valence-electron chi connectivity index (χ4n) is 0.846. The number of carbonyl (C=O) groups is 1. The van der Waals surface area contributed by atoms with E-state index < -0.39 is 0 Å². The molecule has 11 heavy (non-hydrogen) atoms. The molecule has 0 atom stereocenters. The molecule has 2 heteroatoms. The highest BCUT2D eigenvalue weighted by Gasteiger charge is 2.27. The van der Waals surface area contributed by atoms with Crippen molar-refractivity contribution in [2.24, 2.45) is 5.41 Å². The summed E-state index contributed by atoms with van der Waals surface area (Å²) in [5.41, 5.74) is 0.0615. The number of rotatable bonds is 2. The molecule has 0 radical (unpaired) electrons. The molecule has 64 valence electrons. The zero-order valence-corrected chi connectivity index (χ0v) is 7.52. The van der Waals surface area contributed by atoms with Crippen molar-refractivity contribution in [3.63, 3.8) is 0 Å². The summed E-state index contributed by atoms with van der Waals surface area (Å²) in [7, 11) is 0. The second-order valence-corrected chi connectivity index (χ2v) is 4.43. The van der Waals surface area contributed by atoms with Crippen molar-refractivity contribution < 1.29 is 9.53 Å². The van der Waals surface area contributed by atoms with Gasteiger partial charge >= 0.3 is 5.97 Å². The molecule has 0 N–H and O–H groups in total. The summed E-state index contributed by atoms with van der Waals surface area (Å²) in [6, 6.07) is 0. The van der Waals surface area contributed by atoms with Crippen LogP contribution in [0.25, 0.3) is 0 Å². The smallest absolute Gasteiger partial charge is 0.306 e. The zero-order valence-electron chi connectivity index (χ0n) is 7.52. The summed E-state index contributed by atoms with van der Waals surface area (Å²) in [4.78, 5) is 11.1. The van der Waals surface area contributed by atoms with Crippen LogP contribution < -0.4 is 0 Å². The van der Waals surface area contributed by atoms with Crippen molar-refractivity contribution in [2.45, 2.75) is 46.1 Å². The maximum atomic E-state index is 11.1. The molecular weight excluding hydrogens is 140 g/mol. The summed E-state index contributed by atoms with van der Waals surface area (Å²) < 4.78 is 5.10. The lowest BCUT2D eigenvalue weighted by molar-refractivity contribution is -0.146. The van der Waals surface area contributed by atoms with E-state index in [-0.39, 0.29) is 17.5 Å². The van der Waals surface area contributed by atoms with E-state index in [1.807, 2.05) is 20.8 Å². The molecule has 1 aliphatic rings. The topological polar surface area (TPSA) is 26.3 Å². The molecule has 0 aromatic carbocycles. The molecule has 0 saturated heterocycles. The maximum Gasteiger partial charge on any atom is 0.306 e. The van der Waals surface area contributed by atoms with Gasteiger partial charge in [-0.25, -0.2) is 0 Å². The van der Waals surface area contributed by atoms with Crippen LogP contribution in [0.1, 0.15) is 40.0 Å². The Hall–Kier alpha value is -0.530. The Kier molecular flexibility index (Phi) is 2.21. The van der Waals surface area contributed by atoms with E-state index in [1.54, 1.807) is 0 Å². The van der Waals surface area contributed by atoms with Gasteiger partial charge in [0.15, 0.2) is 0 Å². The second kappa shape index (κ2) is 2.84. The van der Waals surface area contributed by atoms with E-state index in [0.29, 0.717) is 6.42 Å². The molecule has 0 amide bonds. The monoisotopic (exact) mass is 156 g/mol. The lowest BCUT2D eigenvalue weighted by Gasteiger charge is -2.16. The molecule has 0 aliphatic heterocycles. The first-order chi connectivity index (χ1) is 4.97. The molecule has 0 aromatic heterocycles. The molecule has 1 aliphatic carbocycles. The predicted octanol–water partition coefficient (Wildman–Crippen LogP) is 2.13. The van der Waals surface area contributed by atoms with Crippen LogP contribution in [-0.4, -0.2) is 12.1 Å². The van der Waals surface area contributed by atoms with Gasteiger partial charge < -0.3 is 4.74 Å². The molecule has 0 unspecified atom stereocenters. The number of ether oxygens (including phenoxy) is 1. The quantitative estimate of drug-likeness (QED) is 0.572. The van der Waals surface area contributed by atoms with Crippen LogP contribution in [0, 0.1) is 5.41 Å². The largest absolute Gasteiger partial charge is 0.462 e. The summed E-state index contributed by atoms with van der Waals surface area (Å²) in [6.45, 7) is 6.13. The molecular formula is C9H16O2. The highest BCUT2D eigenvalue weighted by atomic mass is 16.5. The highest BCUT2D eigenvalue weighted by Crippen LogP contribution is 2.26. The molecule has 0 spiro atoms. The van der Waals surface area contributed by atoms with Gasteiger partial charge in [-0.15, -0.1) is 0 Å². The van der Waals surface area contributed by atoms with Gasteiger partial charge in [-0.05, 0) is 18.3 Å². The van der Waals surface area contributed by atoms with Crippen LogP contribution in [0.5, 0.6) is 0 Å². The van der Waals surface area contributed by atoms with Gasteiger partial charge in [0.05, 0.1) is 6.42 Å². The first kappa shape index (κ1) is 8.57. The Bertz CT molecular complexity index is 151. The molecule has 1 fully saturated rings. The normalized spacial score (nSPS) is 18.1. The van der Waals surface area contributed by atoms with Crippen molar-refractivity contribution in [1.82, 2.24) is 0 Å². The van der Waals surface area contributed by atoms with Crippen LogP contribution in [-0.2, 0) is 9.53 Å². The molecule has 1 rings (SSSR count). The number of carbonyl (C=O) groups excluding carboxylic acids is 1. The summed E-state index contributed by atoms with van der Waals surface area (Å²) >= 11 is 0. The Morgan fingerprint density at radius 3 is 2.36 bits per heavy atom. The number of esters is 1. The minimum Gasteiger partial charge on any atom is -0.462 e. The van der Waals surface area contributed by atoms with E-state index in [9.17, 15) is 4.79 Å². The third-order valence-electron chi connectivity index (χ3n) is 1.50. The lowest BCUT2D eigenvalue weighted by Crippen LogP contribution is -2.16. The molecule has 0 bridgehead atoms. The second-order valence-electron chi connectivity index (χ2n) is 4.43. The van der Waals surface area contributed by atoms with E-state index in [1.165, 1.54) is 0 Å². The van der Waals surface area contributed by atoms with Gasteiger partial charge in [-0.2, -0.15) is 0 Å². The average Bonchev–Trinajstić information content (AvgIpc) is 2.42. The maximum absolute atomic E-state index is 11.1. The third kappa shape index (κ3) is 4.02. The first-order valence-corrected chi connectivity index (χ1v) is 4.17. The summed E-state index contributed by atoms with van der Waals surface area (Å²) in [6.07, 6.45) is 2.92. The first-order valence-electron chi connectivity index (χ1n) is 4.17. The fourth-order valence-corrected chi connectivity index (χ4v) is 0.846. The standard InChI is InChI=1S/C9H16O2/c1-9(2,3)6-8(10)11-7-4-5-7/h7H,4-6H2,1-3H3. The Morgan fingerprint density at radius 2 is 2.00 bits per heavy atom. The predicted molar refractivity (Wildman–Crippen MR) is 43.2 cm³/mol. The van der Waals surface area contributed by atoms with Gasteiger partial charge in [0, 0.05) is 0 Å². The van der Waals surface area contributed by atoms with Crippen molar-refractivity contribution >= 4 is 5.97 Å². The minimum absolute atomic E-state index is 0.0417. The van der Waals surface area contributed by atoms with Crippen molar-refractivity contribution in [2.75, 3.05) is 0 Å². The van der Waals surface area contributed by atoms with E-state index in [4.69, 9.17) is 4.74 Å². The molecule has 2 nitrogen and oxygen atoms in total. The van der Waals surface area contributed by atoms with Gasteiger partial charge in [0.2, 0.25) is 0 Å². The van der Waals surface area contributed by atoms with Crippen molar-refractivity contribution in [3.05, 3.63) is 0 Å². The van der Waals surface area contributed by atoms with Gasteiger partial charge in [0.1, 0.15) is 6.10 Å². The fraction of sp³-hybridized carbons (Fsp3) is 0.889. The van der Waals surface area contributed by atoms with Crippen LogP contribution in [0.15, 0.2) is 0 Å². The van der Waals surface area contributed by atoms with Gasteiger partial charge in [-0.3, -0.25) is 4.79 Å². The van der Waals surface area contributed by atoms with E-state index in [2.05, 4.69) is 0 Å².